The van der Waals surface area contributed by atoms with Gasteiger partial charge in [-0.15, -0.1) is 0 Å². The molecule has 0 aliphatic carbocycles. The van der Waals surface area contributed by atoms with E-state index in [0.29, 0.717) is 23.4 Å². The lowest BCUT2D eigenvalue weighted by molar-refractivity contribution is 0.0984. The molecule has 0 atom stereocenters. The first-order chi connectivity index (χ1) is 19.6. The molecule has 0 unspecified atom stereocenters. The maximum Gasteiger partial charge on any atom is 0.258 e. The number of fused-ring (bicyclic) bond motifs is 1. The van der Waals surface area contributed by atoms with Crippen LogP contribution in [0.25, 0.3) is 33.0 Å². The molecule has 0 bridgehead atoms. The van der Waals surface area contributed by atoms with Gasteiger partial charge in [-0.3, -0.25) is 4.79 Å². The molecule has 0 fully saturated rings. The highest BCUT2D eigenvalue weighted by Crippen LogP contribution is 2.34. The Hall–Kier alpha value is -5.47. The minimum Gasteiger partial charge on any atom is -0.336 e. The van der Waals surface area contributed by atoms with Crippen molar-refractivity contribution < 1.29 is 4.79 Å². The van der Waals surface area contributed by atoms with Gasteiger partial charge in [0.1, 0.15) is 0 Å². The number of carbonyl (C=O) groups excluding carboxylic acids is 1. The molecule has 6 aromatic rings. The zero-order chi connectivity index (χ0) is 27.5. The van der Waals surface area contributed by atoms with E-state index in [2.05, 4.69) is 29.3 Å². The summed E-state index contributed by atoms with van der Waals surface area (Å²) >= 11 is 0. The molecule has 5 nitrogen and oxygen atoms in total. The lowest BCUT2D eigenvalue weighted by Crippen LogP contribution is -2.31. The molecule has 40 heavy (non-hydrogen) atoms. The average molecular weight is 519 g/mol. The maximum absolute atomic E-state index is 14.2. The average Bonchev–Trinajstić information content (AvgIpc) is 3.43. The zero-order valence-electron chi connectivity index (χ0n) is 22.0. The van der Waals surface area contributed by atoms with Crippen LogP contribution in [0.2, 0.25) is 0 Å². The number of anilines is 1. The lowest BCUT2D eigenvalue weighted by atomic mass is 9.94. The molecule has 6 rings (SSSR count). The van der Waals surface area contributed by atoms with E-state index in [1.165, 1.54) is 0 Å². The van der Waals surface area contributed by atoms with Gasteiger partial charge in [0.05, 0.1) is 30.2 Å². The summed E-state index contributed by atoms with van der Waals surface area (Å²) in [4.78, 5) is 20.2. The van der Waals surface area contributed by atoms with Gasteiger partial charge in [0.15, 0.2) is 0 Å². The Morgan fingerprint density at radius 1 is 0.825 bits per heavy atom. The van der Waals surface area contributed by atoms with Crippen LogP contribution in [0.15, 0.2) is 128 Å². The highest BCUT2D eigenvalue weighted by atomic mass is 16.2. The van der Waals surface area contributed by atoms with Crippen molar-refractivity contribution in [1.29, 1.82) is 5.26 Å². The predicted octanol–water partition coefficient (Wildman–Crippen LogP) is 7.63. The minimum atomic E-state index is -0.132. The molecular weight excluding hydrogens is 492 g/mol. The normalized spacial score (nSPS) is 10.8. The number of carbonyl (C=O) groups is 1. The number of aryl methyl sites for hydroxylation is 1. The van der Waals surface area contributed by atoms with Crippen LogP contribution >= 0.6 is 0 Å². The van der Waals surface area contributed by atoms with Crippen molar-refractivity contribution in [1.82, 2.24) is 9.55 Å². The Morgan fingerprint density at radius 2 is 1.57 bits per heavy atom. The molecule has 0 aliphatic rings. The number of rotatable bonds is 6. The topological polar surface area (TPSA) is 61.9 Å². The van der Waals surface area contributed by atoms with Crippen molar-refractivity contribution in [3.8, 4) is 28.3 Å². The second kappa shape index (κ2) is 10.7. The van der Waals surface area contributed by atoms with Gasteiger partial charge in [-0.1, -0.05) is 84.9 Å². The summed E-state index contributed by atoms with van der Waals surface area (Å²) in [7, 11) is 1.92. The Kier molecular flexibility index (Phi) is 6.66. The van der Waals surface area contributed by atoms with Gasteiger partial charge >= 0.3 is 0 Å². The molecule has 0 spiro atoms. The lowest BCUT2D eigenvalue weighted by Gasteiger charge is -2.24. The van der Waals surface area contributed by atoms with E-state index in [1.54, 1.807) is 23.5 Å². The van der Waals surface area contributed by atoms with Crippen LogP contribution < -0.4 is 4.90 Å². The van der Waals surface area contributed by atoms with Crippen molar-refractivity contribution in [3.63, 3.8) is 0 Å². The Labute approximate surface area is 233 Å². The van der Waals surface area contributed by atoms with E-state index < -0.39 is 0 Å². The van der Waals surface area contributed by atoms with Gasteiger partial charge in [0.2, 0.25) is 0 Å². The number of hydrogen-bond donors (Lipinski definition) is 0. The third-order valence-corrected chi connectivity index (χ3v) is 7.21. The predicted molar refractivity (Wildman–Crippen MR) is 160 cm³/mol. The molecule has 1 heterocycles. The number of hydrogen-bond acceptors (Lipinski definition) is 3. The van der Waals surface area contributed by atoms with Crippen molar-refractivity contribution in [2.24, 2.45) is 7.05 Å². The van der Waals surface area contributed by atoms with Gasteiger partial charge in [-0.05, 0) is 57.8 Å². The van der Waals surface area contributed by atoms with Crippen molar-refractivity contribution in [3.05, 3.63) is 145 Å². The van der Waals surface area contributed by atoms with Crippen molar-refractivity contribution in [2.45, 2.75) is 6.54 Å². The van der Waals surface area contributed by atoms with E-state index in [1.807, 2.05) is 103 Å². The standard InChI is InChI=1S/C35H26N4O/c1-38-24-37-22-31(38)23-39(35(40)28-14-7-13-27(19-28)25-9-3-2-4-10-25)30-18-17-29(21-36)34(20-30)33-16-8-12-26-11-5-6-15-32(26)33/h2-20,22,24H,23H2,1H3. The van der Waals surface area contributed by atoms with Crippen LogP contribution in [0, 0.1) is 11.3 Å². The fourth-order valence-corrected chi connectivity index (χ4v) is 5.08. The number of nitrogens with zero attached hydrogens (tertiary/aromatic N) is 4. The molecular formula is C35H26N4O. The molecule has 0 aliphatic heterocycles. The molecule has 192 valence electrons. The van der Waals surface area contributed by atoms with Crippen molar-refractivity contribution in [2.75, 3.05) is 4.90 Å². The monoisotopic (exact) mass is 518 g/mol. The molecule has 0 N–H and O–H groups in total. The van der Waals surface area contributed by atoms with Gasteiger partial charge in [-0.2, -0.15) is 5.26 Å². The first-order valence-electron chi connectivity index (χ1n) is 13.1. The number of benzene rings is 5. The largest absolute Gasteiger partial charge is 0.336 e. The molecule has 5 aromatic carbocycles. The summed E-state index contributed by atoms with van der Waals surface area (Å²) in [5.41, 5.74) is 6.50. The molecule has 1 aromatic heterocycles. The summed E-state index contributed by atoms with van der Waals surface area (Å²) in [5, 5.41) is 12.2. The Bertz CT molecular complexity index is 1880. The second-order valence-electron chi connectivity index (χ2n) is 9.70. The van der Waals surface area contributed by atoms with Gasteiger partial charge in [-0.25, -0.2) is 4.98 Å². The second-order valence-corrected chi connectivity index (χ2v) is 9.70. The van der Waals surface area contributed by atoms with Crippen LogP contribution in [-0.2, 0) is 13.6 Å². The van der Waals surface area contributed by atoms with E-state index in [4.69, 9.17) is 0 Å². The number of amides is 1. The first-order valence-corrected chi connectivity index (χ1v) is 13.1. The van der Waals surface area contributed by atoms with E-state index in [-0.39, 0.29) is 5.91 Å². The molecule has 0 saturated heterocycles. The number of imidazole rings is 1. The summed E-state index contributed by atoms with van der Waals surface area (Å²) in [6.45, 7) is 0.325. The Morgan fingerprint density at radius 3 is 2.38 bits per heavy atom. The third kappa shape index (κ3) is 4.75. The van der Waals surface area contributed by atoms with E-state index >= 15 is 0 Å². The molecule has 5 heteroatoms. The number of nitriles is 1. The fraction of sp³-hybridized carbons (Fsp3) is 0.0571. The van der Waals surface area contributed by atoms with Crippen LogP contribution in [0.3, 0.4) is 0 Å². The van der Waals surface area contributed by atoms with E-state index in [0.717, 1.165) is 38.7 Å². The van der Waals surface area contributed by atoms with Crippen LogP contribution in [-0.4, -0.2) is 15.5 Å². The quantitative estimate of drug-likeness (QED) is 0.228. The van der Waals surface area contributed by atoms with Crippen LogP contribution in [0.4, 0.5) is 5.69 Å². The molecule has 0 radical (unpaired) electrons. The SMILES string of the molecule is Cn1cncc1CN(C(=O)c1cccc(-c2ccccc2)c1)c1ccc(C#N)c(-c2cccc3ccccc23)c1. The highest BCUT2D eigenvalue weighted by Gasteiger charge is 2.22. The minimum absolute atomic E-state index is 0.132. The van der Waals surface area contributed by atoms with Crippen LogP contribution in [0.5, 0.6) is 0 Å². The molecule has 0 saturated carbocycles. The first kappa shape index (κ1) is 24.8. The summed E-state index contributed by atoms with van der Waals surface area (Å²) in [5.74, 6) is -0.132. The van der Waals surface area contributed by atoms with Gasteiger partial charge in [0.25, 0.3) is 5.91 Å². The zero-order valence-corrected chi connectivity index (χ0v) is 22.0. The summed E-state index contributed by atoms with van der Waals surface area (Å²) in [6, 6.07) is 39.9. The third-order valence-electron chi connectivity index (χ3n) is 7.21. The van der Waals surface area contributed by atoms with Gasteiger partial charge in [0, 0.05) is 30.1 Å². The summed E-state index contributed by atoms with van der Waals surface area (Å²) in [6.07, 6.45) is 3.50. The maximum atomic E-state index is 14.2. The fourth-order valence-electron chi connectivity index (χ4n) is 5.08. The molecule has 1 amide bonds. The Balaban J connectivity index is 1.48. The smallest absolute Gasteiger partial charge is 0.258 e. The highest BCUT2D eigenvalue weighted by molar-refractivity contribution is 6.07. The van der Waals surface area contributed by atoms with Crippen molar-refractivity contribution >= 4 is 22.4 Å². The van der Waals surface area contributed by atoms with Crippen LogP contribution in [0.1, 0.15) is 21.6 Å². The number of aromatic nitrogens is 2. The summed E-state index contributed by atoms with van der Waals surface area (Å²) < 4.78 is 1.91. The van der Waals surface area contributed by atoms with E-state index in [9.17, 15) is 10.1 Å². The van der Waals surface area contributed by atoms with Gasteiger partial charge < -0.3 is 9.47 Å².